The predicted molar refractivity (Wildman–Crippen MR) is 80.9 cm³/mol. The summed E-state index contributed by atoms with van der Waals surface area (Å²) in [5, 5.41) is 3.74. The van der Waals surface area contributed by atoms with Gasteiger partial charge in [-0.3, -0.25) is 0 Å². The molecule has 4 heteroatoms. The summed E-state index contributed by atoms with van der Waals surface area (Å²) in [6.45, 7) is 1.49. The fourth-order valence-electron chi connectivity index (χ4n) is 2.35. The number of halogens is 2. The second-order valence-corrected chi connectivity index (χ2v) is 5.52. The fourth-order valence-corrected chi connectivity index (χ4v) is 2.78. The molecular weight excluding hydrogens is 279 g/mol. The first-order chi connectivity index (χ1) is 9.15. The van der Waals surface area contributed by atoms with Crippen molar-refractivity contribution in [3.8, 4) is 0 Å². The number of benzene rings is 2. The summed E-state index contributed by atoms with van der Waals surface area (Å²) >= 11 is 12.3. The third-order valence-electron chi connectivity index (χ3n) is 3.35. The lowest BCUT2D eigenvalue weighted by molar-refractivity contribution is 0.283. The van der Waals surface area contributed by atoms with Crippen LogP contribution in [0.15, 0.2) is 52.8 Å². The second kappa shape index (κ2) is 4.95. The molecule has 0 aliphatic carbocycles. The molecule has 1 heterocycles. The van der Waals surface area contributed by atoms with Gasteiger partial charge in [0.05, 0.1) is 6.67 Å². The molecule has 0 N–H and O–H groups in total. The number of fused-ring (bicyclic) bond motifs is 1. The van der Waals surface area contributed by atoms with Crippen molar-refractivity contribution in [1.29, 1.82) is 0 Å². The minimum Gasteiger partial charge on any atom is -0.345 e. The van der Waals surface area contributed by atoms with Crippen LogP contribution in [0, 0.1) is 0 Å². The molecule has 0 saturated heterocycles. The predicted octanol–water partition coefficient (Wildman–Crippen LogP) is 4.15. The molecule has 0 atom stereocenters. The molecule has 0 aromatic heterocycles. The maximum Gasteiger partial charge on any atom is 0.142 e. The molecule has 98 valence electrons. The average molecular weight is 293 g/mol. The topological polar surface area (TPSA) is 6.48 Å². The molecule has 0 unspecified atom stereocenters. The molecule has 1 aliphatic heterocycles. The van der Waals surface area contributed by atoms with Crippen LogP contribution in [0.4, 0.5) is 0 Å². The highest BCUT2D eigenvalue weighted by atomic mass is 35.5. The van der Waals surface area contributed by atoms with Gasteiger partial charge in [0.2, 0.25) is 0 Å². The molecule has 0 radical (unpaired) electrons. The smallest absolute Gasteiger partial charge is 0.142 e. The summed E-state index contributed by atoms with van der Waals surface area (Å²) in [6.07, 6.45) is 0. The van der Waals surface area contributed by atoms with Crippen LogP contribution in [0.2, 0.25) is 0 Å². The number of hydrogen-bond donors (Lipinski definition) is 0. The van der Waals surface area contributed by atoms with Crippen molar-refractivity contribution in [3.63, 3.8) is 0 Å². The van der Waals surface area contributed by atoms with Crippen molar-refractivity contribution in [2.45, 2.75) is 6.54 Å². The first-order valence-corrected chi connectivity index (χ1v) is 6.90. The van der Waals surface area contributed by atoms with E-state index in [-0.39, 0.29) is 0 Å². The normalized spacial score (nSPS) is 15.7. The Kier molecular flexibility index (Phi) is 3.29. The summed E-state index contributed by atoms with van der Waals surface area (Å²) in [5.74, 6) is 0. The van der Waals surface area contributed by atoms with Crippen molar-refractivity contribution in [1.82, 2.24) is 9.80 Å². The van der Waals surface area contributed by atoms with Crippen molar-refractivity contribution >= 4 is 34.0 Å². The molecule has 19 heavy (non-hydrogen) atoms. The first kappa shape index (κ1) is 12.6. The number of hydrogen-bond acceptors (Lipinski definition) is 2. The fraction of sp³-hybridized carbons (Fsp3) is 0.200. The maximum absolute atomic E-state index is 6.22. The van der Waals surface area contributed by atoms with E-state index < -0.39 is 0 Å². The van der Waals surface area contributed by atoms with Gasteiger partial charge in [0.15, 0.2) is 0 Å². The lowest BCUT2D eigenvalue weighted by Gasteiger charge is -2.19. The van der Waals surface area contributed by atoms with Crippen LogP contribution >= 0.6 is 23.2 Å². The Morgan fingerprint density at radius 2 is 1.74 bits per heavy atom. The Bertz CT molecular complexity index is 651. The van der Waals surface area contributed by atoms with Crippen molar-refractivity contribution in [2.24, 2.45) is 0 Å². The summed E-state index contributed by atoms with van der Waals surface area (Å²) in [4.78, 5) is 4.00. The van der Waals surface area contributed by atoms with E-state index in [2.05, 4.69) is 47.4 Å². The van der Waals surface area contributed by atoms with E-state index in [4.69, 9.17) is 23.2 Å². The zero-order valence-corrected chi connectivity index (χ0v) is 12.1. The molecule has 2 aromatic rings. The maximum atomic E-state index is 6.22. The standard InChI is InChI=1S/C15H14Cl2N2/c1-18-10-19(15(17)14(18)16)9-11-6-7-12-4-2-3-5-13(12)8-11/h2-8H,9-10H2,1H3. The summed E-state index contributed by atoms with van der Waals surface area (Å²) < 4.78 is 0. The largest absolute Gasteiger partial charge is 0.345 e. The molecule has 0 saturated carbocycles. The van der Waals surface area contributed by atoms with Crippen LogP contribution in [0.1, 0.15) is 5.56 Å². The lowest BCUT2D eigenvalue weighted by atomic mass is 10.1. The van der Waals surface area contributed by atoms with Gasteiger partial charge in [0.25, 0.3) is 0 Å². The van der Waals surface area contributed by atoms with Gasteiger partial charge in [-0.15, -0.1) is 0 Å². The van der Waals surface area contributed by atoms with Crippen LogP contribution in [0.3, 0.4) is 0 Å². The molecule has 0 fully saturated rings. The van der Waals surface area contributed by atoms with Crippen LogP contribution in [-0.2, 0) is 6.54 Å². The molecule has 2 aromatic carbocycles. The minimum atomic E-state index is 0.613. The van der Waals surface area contributed by atoms with Gasteiger partial charge >= 0.3 is 0 Å². The van der Waals surface area contributed by atoms with Gasteiger partial charge in [-0.25, -0.2) is 0 Å². The molecule has 2 nitrogen and oxygen atoms in total. The van der Waals surface area contributed by atoms with Crippen LogP contribution in [0.25, 0.3) is 10.8 Å². The van der Waals surface area contributed by atoms with E-state index in [0.29, 0.717) is 10.3 Å². The van der Waals surface area contributed by atoms with Crippen LogP contribution < -0.4 is 0 Å². The number of rotatable bonds is 2. The average Bonchev–Trinajstić information content (AvgIpc) is 2.66. The van der Waals surface area contributed by atoms with Gasteiger partial charge in [-0.1, -0.05) is 59.6 Å². The summed E-state index contributed by atoms with van der Waals surface area (Å²) in [7, 11) is 1.94. The van der Waals surface area contributed by atoms with E-state index >= 15 is 0 Å². The highest BCUT2D eigenvalue weighted by Crippen LogP contribution is 2.29. The summed E-state index contributed by atoms with van der Waals surface area (Å²) in [5.41, 5.74) is 1.23. The van der Waals surface area contributed by atoms with E-state index in [1.165, 1.54) is 16.3 Å². The molecule has 0 bridgehead atoms. The Balaban J connectivity index is 1.86. The van der Waals surface area contributed by atoms with Gasteiger partial charge in [0.1, 0.15) is 10.3 Å². The third-order valence-corrected chi connectivity index (χ3v) is 4.34. The second-order valence-electron chi connectivity index (χ2n) is 4.80. The quantitative estimate of drug-likeness (QED) is 0.767. The van der Waals surface area contributed by atoms with Gasteiger partial charge in [0, 0.05) is 13.6 Å². The Morgan fingerprint density at radius 1 is 1.00 bits per heavy atom. The van der Waals surface area contributed by atoms with E-state index in [1.807, 2.05) is 11.9 Å². The van der Waals surface area contributed by atoms with Crippen LogP contribution in [0.5, 0.6) is 0 Å². The SMILES string of the molecule is CN1CN(Cc2ccc3ccccc3c2)C(Cl)=C1Cl. The zero-order chi connectivity index (χ0) is 13.4. The molecule has 0 spiro atoms. The Morgan fingerprint density at radius 3 is 2.42 bits per heavy atom. The van der Waals surface area contributed by atoms with Crippen molar-refractivity contribution in [2.75, 3.05) is 13.7 Å². The zero-order valence-electron chi connectivity index (χ0n) is 10.6. The molecule has 1 aliphatic rings. The third kappa shape index (κ3) is 2.38. The molecule has 3 rings (SSSR count). The highest BCUT2D eigenvalue weighted by molar-refractivity contribution is 6.38. The van der Waals surface area contributed by atoms with Crippen molar-refractivity contribution in [3.05, 3.63) is 58.3 Å². The Labute approximate surface area is 122 Å². The Hall–Kier alpha value is -1.38. The van der Waals surface area contributed by atoms with Gasteiger partial charge < -0.3 is 9.80 Å². The van der Waals surface area contributed by atoms with Crippen LogP contribution in [-0.4, -0.2) is 23.5 Å². The van der Waals surface area contributed by atoms with E-state index in [0.717, 1.165) is 13.2 Å². The van der Waals surface area contributed by atoms with Crippen molar-refractivity contribution < 1.29 is 0 Å². The number of nitrogens with zero attached hydrogens (tertiary/aromatic N) is 2. The lowest BCUT2D eigenvalue weighted by Crippen LogP contribution is -2.23. The monoisotopic (exact) mass is 292 g/mol. The van der Waals surface area contributed by atoms with E-state index in [1.54, 1.807) is 0 Å². The molecular formula is C15H14Cl2N2. The van der Waals surface area contributed by atoms with E-state index in [9.17, 15) is 0 Å². The molecule has 0 amide bonds. The van der Waals surface area contributed by atoms with Gasteiger partial charge in [-0.05, 0) is 22.4 Å². The highest BCUT2D eigenvalue weighted by Gasteiger charge is 2.23. The first-order valence-electron chi connectivity index (χ1n) is 6.14. The van der Waals surface area contributed by atoms with Gasteiger partial charge in [-0.2, -0.15) is 0 Å². The minimum absolute atomic E-state index is 0.613. The summed E-state index contributed by atoms with van der Waals surface area (Å²) in [6, 6.07) is 14.8.